The van der Waals surface area contributed by atoms with Gasteiger partial charge in [-0.15, -0.1) is 0 Å². The highest BCUT2D eigenvalue weighted by Gasteiger charge is 2.12. The summed E-state index contributed by atoms with van der Waals surface area (Å²) >= 11 is 0. The lowest BCUT2D eigenvalue weighted by molar-refractivity contribution is 0.245. The van der Waals surface area contributed by atoms with E-state index in [1.54, 1.807) is 0 Å². The minimum Gasteiger partial charge on any atom is -0.289 e. The summed E-state index contributed by atoms with van der Waals surface area (Å²) in [4.78, 5) is 2.40. The van der Waals surface area contributed by atoms with Crippen LogP contribution in [0.5, 0.6) is 0 Å². The molecule has 0 spiro atoms. The van der Waals surface area contributed by atoms with Crippen molar-refractivity contribution < 1.29 is 0 Å². The highest BCUT2D eigenvalue weighted by molar-refractivity contribution is 5.22. The van der Waals surface area contributed by atoms with Crippen LogP contribution in [0.2, 0.25) is 0 Å². The van der Waals surface area contributed by atoms with Crippen molar-refractivity contribution in [2.75, 3.05) is 19.8 Å². The Morgan fingerprint density at radius 1 is 1.46 bits per heavy atom. The molecule has 1 fully saturated rings. The van der Waals surface area contributed by atoms with E-state index in [4.69, 9.17) is 0 Å². The zero-order chi connectivity index (χ0) is 9.52. The first-order chi connectivity index (χ1) is 6.33. The summed E-state index contributed by atoms with van der Waals surface area (Å²) in [5.41, 5.74) is 5.64. The van der Waals surface area contributed by atoms with Gasteiger partial charge in [0.05, 0.1) is 6.67 Å². The van der Waals surface area contributed by atoms with Gasteiger partial charge in [-0.05, 0) is 38.3 Å². The van der Waals surface area contributed by atoms with E-state index in [1.807, 2.05) is 0 Å². The van der Waals surface area contributed by atoms with Crippen molar-refractivity contribution in [3.63, 3.8) is 0 Å². The van der Waals surface area contributed by atoms with Gasteiger partial charge in [-0.2, -0.15) is 5.10 Å². The molecule has 76 valence electrons. The lowest BCUT2D eigenvalue weighted by Gasteiger charge is -2.19. The number of nitrogens with zero attached hydrogens (tertiary/aromatic N) is 2. The standard InChI is InChI=1S/C9H20N4/c1-9-4-3-6-13(7-5-9)8-11-12-10-2/h9,11-12H,2-8H2,1H3. The van der Waals surface area contributed by atoms with Crippen molar-refractivity contribution in [2.24, 2.45) is 11.0 Å². The second-order valence-electron chi connectivity index (χ2n) is 3.76. The predicted molar refractivity (Wildman–Crippen MR) is 55.3 cm³/mol. The van der Waals surface area contributed by atoms with Crippen LogP contribution in [0.1, 0.15) is 26.2 Å². The van der Waals surface area contributed by atoms with Crippen LogP contribution in [0, 0.1) is 5.92 Å². The van der Waals surface area contributed by atoms with E-state index in [-0.39, 0.29) is 0 Å². The molecule has 1 unspecified atom stereocenters. The van der Waals surface area contributed by atoms with Crippen LogP contribution in [0.3, 0.4) is 0 Å². The normalized spacial score (nSPS) is 25.2. The smallest absolute Gasteiger partial charge is 0.0679 e. The average molecular weight is 184 g/mol. The largest absolute Gasteiger partial charge is 0.289 e. The highest BCUT2D eigenvalue weighted by Crippen LogP contribution is 2.15. The molecule has 0 amide bonds. The predicted octanol–water partition coefficient (Wildman–Crippen LogP) is 0.776. The monoisotopic (exact) mass is 184 g/mol. The number of hydrogen-bond acceptors (Lipinski definition) is 4. The average Bonchev–Trinajstić information content (AvgIpc) is 2.32. The van der Waals surface area contributed by atoms with Gasteiger partial charge in [-0.25, -0.2) is 11.0 Å². The first kappa shape index (κ1) is 10.5. The van der Waals surface area contributed by atoms with Gasteiger partial charge in [-0.1, -0.05) is 6.92 Å². The Balaban J connectivity index is 2.14. The minimum atomic E-state index is 0.853. The number of rotatable bonds is 4. The fourth-order valence-corrected chi connectivity index (χ4v) is 1.68. The van der Waals surface area contributed by atoms with Gasteiger partial charge in [0.15, 0.2) is 0 Å². The third kappa shape index (κ3) is 4.24. The summed E-state index contributed by atoms with van der Waals surface area (Å²) < 4.78 is 0. The summed E-state index contributed by atoms with van der Waals surface area (Å²) in [6.45, 7) is 8.90. The van der Waals surface area contributed by atoms with Gasteiger partial charge in [0.2, 0.25) is 0 Å². The number of nitrogens with one attached hydrogen (secondary N) is 2. The Bertz CT molecular complexity index is 149. The van der Waals surface area contributed by atoms with E-state index in [0.29, 0.717) is 0 Å². The molecular formula is C9H20N4. The van der Waals surface area contributed by atoms with Crippen molar-refractivity contribution in [1.82, 2.24) is 15.9 Å². The van der Waals surface area contributed by atoms with Crippen molar-refractivity contribution in [2.45, 2.75) is 26.2 Å². The van der Waals surface area contributed by atoms with Gasteiger partial charge >= 0.3 is 0 Å². The summed E-state index contributed by atoms with van der Waals surface area (Å²) in [5.74, 6) is 0.885. The Hall–Kier alpha value is -0.610. The van der Waals surface area contributed by atoms with E-state index in [0.717, 1.165) is 12.6 Å². The molecular weight excluding hydrogens is 164 g/mol. The molecule has 4 heteroatoms. The lowest BCUT2D eigenvalue weighted by atomic mass is 10.0. The molecule has 1 aliphatic rings. The quantitative estimate of drug-likeness (QED) is 0.385. The number of hydrazine groups is 1. The van der Waals surface area contributed by atoms with Crippen molar-refractivity contribution in [3.8, 4) is 0 Å². The highest BCUT2D eigenvalue weighted by atomic mass is 15.6. The van der Waals surface area contributed by atoms with Gasteiger partial charge < -0.3 is 0 Å². The van der Waals surface area contributed by atoms with E-state index in [9.17, 15) is 0 Å². The summed E-state index contributed by atoms with van der Waals surface area (Å²) in [7, 11) is 0. The van der Waals surface area contributed by atoms with Gasteiger partial charge in [0.25, 0.3) is 0 Å². The van der Waals surface area contributed by atoms with Gasteiger partial charge in [0.1, 0.15) is 0 Å². The molecule has 1 aliphatic heterocycles. The maximum Gasteiger partial charge on any atom is 0.0679 e. The van der Waals surface area contributed by atoms with Crippen LogP contribution in [-0.4, -0.2) is 31.4 Å². The van der Waals surface area contributed by atoms with Crippen LogP contribution in [0.4, 0.5) is 0 Å². The molecule has 0 radical (unpaired) electrons. The van der Waals surface area contributed by atoms with E-state index in [1.165, 1.54) is 32.4 Å². The third-order valence-electron chi connectivity index (χ3n) is 2.57. The van der Waals surface area contributed by atoms with Gasteiger partial charge in [0, 0.05) is 6.72 Å². The van der Waals surface area contributed by atoms with Crippen molar-refractivity contribution in [3.05, 3.63) is 0 Å². The van der Waals surface area contributed by atoms with Crippen LogP contribution >= 0.6 is 0 Å². The van der Waals surface area contributed by atoms with Crippen LogP contribution in [-0.2, 0) is 0 Å². The molecule has 0 aromatic heterocycles. The lowest BCUT2D eigenvalue weighted by Crippen LogP contribution is -2.40. The Labute approximate surface area is 80.3 Å². The first-order valence-corrected chi connectivity index (χ1v) is 4.99. The Morgan fingerprint density at radius 2 is 2.31 bits per heavy atom. The Kier molecular flexibility index (Phi) is 4.78. The molecule has 0 aromatic carbocycles. The van der Waals surface area contributed by atoms with Crippen LogP contribution in [0.25, 0.3) is 0 Å². The second-order valence-corrected chi connectivity index (χ2v) is 3.76. The topological polar surface area (TPSA) is 39.7 Å². The molecule has 0 aromatic rings. The molecule has 13 heavy (non-hydrogen) atoms. The number of likely N-dealkylation sites (tertiary alicyclic amines) is 1. The fraction of sp³-hybridized carbons (Fsp3) is 0.889. The molecule has 0 saturated carbocycles. The van der Waals surface area contributed by atoms with Crippen LogP contribution in [0.15, 0.2) is 5.10 Å². The summed E-state index contributed by atoms with van der Waals surface area (Å²) in [6, 6.07) is 0. The first-order valence-electron chi connectivity index (χ1n) is 4.99. The SMILES string of the molecule is C=NNNCN1CCCC(C)CC1. The summed E-state index contributed by atoms with van der Waals surface area (Å²) in [5, 5.41) is 3.52. The third-order valence-corrected chi connectivity index (χ3v) is 2.57. The molecule has 0 bridgehead atoms. The minimum absolute atomic E-state index is 0.853. The van der Waals surface area contributed by atoms with Crippen LogP contribution < -0.4 is 11.0 Å². The molecule has 4 nitrogen and oxygen atoms in total. The number of hydrazone groups is 1. The zero-order valence-electron chi connectivity index (χ0n) is 8.42. The van der Waals surface area contributed by atoms with Crippen molar-refractivity contribution >= 4 is 6.72 Å². The van der Waals surface area contributed by atoms with E-state index in [2.05, 4.69) is 34.6 Å². The Morgan fingerprint density at radius 3 is 3.08 bits per heavy atom. The zero-order valence-corrected chi connectivity index (χ0v) is 8.42. The number of hydrogen-bond donors (Lipinski definition) is 2. The molecule has 0 aliphatic carbocycles. The summed E-state index contributed by atoms with van der Waals surface area (Å²) in [6.07, 6.45) is 3.98. The fourth-order valence-electron chi connectivity index (χ4n) is 1.68. The molecule has 1 saturated heterocycles. The van der Waals surface area contributed by atoms with E-state index < -0.39 is 0 Å². The maximum atomic E-state index is 3.52. The van der Waals surface area contributed by atoms with Gasteiger partial charge in [-0.3, -0.25) is 4.90 Å². The van der Waals surface area contributed by atoms with E-state index >= 15 is 0 Å². The van der Waals surface area contributed by atoms with Crippen molar-refractivity contribution in [1.29, 1.82) is 0 Å². The maximum absolute atomic E-state index is 3.52. The second kappa shape index (κ2) is 5.94. The molecule has 2 N–H and O–H groups in total. The molecule has 1 heterocycles. The molecule has 1 rings (SSSR count). The molecule has 1 atom stereocenters.